The highest BCUT2D eigenvalue weighted by Gasteiger charge is 1.96. The lowest BCUT2D eigenvalue weighted by atomic mass is 10.1. The average molecular weight is 166 g/mol. The van der Waals surface area contributed by atoms with Crippen LogP contribution in [0.5, 0.6) is 0 Å². The minimum absolute atomic E-state index is 0.402. The van der Waals surface area contributed by atoms with Crippen molar-refractivity contribution in [2.24, 2.45) is 0 Å². The molecule has 1 aromatic carbocycles. The first kappa shape index (κ1) is 7.77. The molecule has 0 fully saturated rings. The molecule has 0 N–H and O–H groups in total. The molecule has 0 atom stereocenters. The lowest BCUT2D eigenvalue weighted by molar-refractivity contribution is 0.112. The van der Waals surface area contributed by atoms with Crippen LogP contribution < -0.4 is 0 Å². The van der Waals surface area contributed by atoms with Gasteiger partial charge in [-0.3, -0.25) is 4.79 Å². The van der Waals surface area contributed by atoms with E-state index in [1.54, 1.807) is 0 Å². The van der Waals surface area contributed by atoms with E-state index < -0.39 is 0 Å². The number of nitriles is 1. The third-order valence-corrected chi connectivity index (χ3v) is 1.40. The first-order chi connectivity index (χ1) is 5.26. The first-order valence-electron chi connectivity index (χ1n) is 2.92. The standard InChI is InChI=1S/C8H4ClNO/c9-8-2-6(4-10)1-7(3-8)5-11/h1-3,5H. The number of carbonyl (C=O) groups excluding carboxylic acids is 1. The number of hydrogen-bond acceptors (Lipinski definition) is 2. The molecule has 0 saturated heterocycles. The molecule has 11 heavy (non-hydrogen) atoms. The maximum atomic E-state index is 10.3. The van der Waals surface area contributed by atoms with Gasteiger partial charge in [0, 0.05) is 10.6 Å². The summed E-state index contributed by atoms with van der Waals surface area (Å²) in [5.41, 5.74) is 0.827. The summed E-state index contributed by atoms with van der Waals surface area (Å²) in [7, 11) is 0. The zero-order valence-corrected chi connectivity index (χ0v) is 6.30. The second-order valence-corrected chi connectivity index (χ2v) is 2.44. The predicted molar refractivity (Wildman–Crippen MR) is 41.6 cm³/mol. The van der Waals surface area contributed by atoms with E-state index >= 15 is 0 Å². The molecule has 0 aliphatic rings. The molecule has 1 rings (SSSR count). The topological polar surface area (TPSA) is 40.9 Å². The Morgan fingerprint density at radius 3 is 2.73 bits per heavy atom. The van der Waals surface area contributed by atoms with E-state index in [0.717, 1.165) is 0 Å². The van der Waals surface area contributed by atoms with Crippen molar-refractivity contribution in [1.82, 2.24) is 0 Å². The van der Waals surface area contributed by atoms with Crippen molar-refractivity contribution in [2.75, 3.05) is 0 Å². The van der Waals surface area contributed by atoms with Gasteiger partial charge in [0.1, 0.15) is 6.29 Å². The molecule has 1 aromatic rings. The van der Waals surface area contributed by atoms with Crippen LogP contribution in [0.2, 0.25) is 5.02 Å². The zero-order valence-electron chi connectivity index (χ0n) is 5.54. The van der Waals surface area contributed by atoms with E-state index in [1.807, 2.05) is 6.07 Å². The number of nitrogens with zero attached hydrogens (tertiary/aromatic N) is 1. The summed E-state index contributed by atoms with van der Waals surface area (Å²) >= 11 is 5.60. The minimum Gasteiger partial charge on any atom is -0.298 e. The van der Waals surface area contributed by atoms with Crippen molar-refractivity contribution in [2.45, 2.75) is 0 Å². The number of hydrogen-bond donors (Lipinski definition) is 0. The Bertz CT molecular complexity index is 327. The smallest absolute Gasteiger partial charge is 0.150 e. The Morgan fingerprint density at radius 1 is 1.45 bits per heavy atom. The van der Waals surface area contributed by atoms with Crippen LogP contribution in [-0.2, 0) is 0 Å². The summed E-state index contributed by atoms with van der Waals surface area (Å²) in [5, 5.41) is 8.87. The predicted octanol–water partition coefficient (Wildman–Crippen LogP) is 2.02. The minimum atomic E-state index is 0.402. The fourth-order valence-electron chi connectivity index (χ4n) is 0.745. The lowest BCUT2D eigenvalue weighted by Crippen LogP contribution is -1.81. The number of rotatable bonds is 1. The van der Waals surface area contributed by atoms with Gasteiger partial charge in [-0.2, -0.15) is 5.26 Å². The van der Waals surface area contributed by atoms with Gasteiger partial charge >= 0.3 is 0 Å². The van der Waals surface area contributed by atoms with Gasteiger partial charge in [-0.05, 0) is 18.2 Å². The average Bonchev–Trinajstić information content (AvgIpc) is 2.03. The molecule has 0 bridgehead atoms. The summed E-state index contributed by atoms with van der Waals surface area (Å²) in [6, 6.07) is 6.40. The first-order valence-corrected chi connectivity index (χ1v) is 3.30. The molecular formula is C8H4ClNO. The molecule has 0 aliphatic heterocycles. The normalized spacial score (nSPS) is 8.73. The van der Waals surface area contributed by atoms with Gasteiger partial charge in [-0.1, -0.05) is 11.6 Å². The van der Waals surface area contributed by atoms with Gasteiger partial charge in [0.15, 0.2) is 0 Å². The van der Waals surface area contributed by atoms with Gasteiger partial charge in [0.05, 0.1) is 11.6 Å². The van der Waals surface area contributed by atoms with E-state index in [4.69, 9.17) is 16.9 Å². The summed E-state index contributed by atoms with van der Waals surface area (Å²) in [4.78, 5) is 10.3. The maximum absolute atomic E-state index is 10.3. The van der Waals surface area contributed by atoms with Gasteiger partial charge in [0.2, 0.25) is 0 Å². The van der Waals surface area contributed by atoms with E-state index in [0.29, 0.717) is 22.4 Å². The number of halogens is 1. The van der Waals surface area contributed by atoms with Crippen molar-refractivity contribution < 1.29 is 4.79 Å². The van der Waals surface area contributed by atoms with E-state index in [9.17, 15) is 4.79 Å². The van der Waals surface area contributed by atoms with Crippen molar-refractivity contribution in [1.29, 1.82) is 5.26 Å². The van der Waals surface area contributed by atoms with Gasteiger partial charge in [-0.25, -0.2) is 0 Å². The second-order valence-electron chi connectivity index (χ2n) is 2.00. The summed E-state index contributed by atoms with van der Waals surface area (Å²) in [6.45, 7) is 0. The molecule has 0 saturated carbocycles. The molecule has 0 radical (unpaired) electrons. The van der Waals surface area contributed by atoms with Crippen LogP contribution in [-0.4, -0.2) is 6.29 Å². The van der Waals surface area contributed by atoms with Gasteiger partial charge in [-0.15, -0.1) is 0 Å². The van der Waals surface area contributed by atoms with Crippen LogP contribution in [0.1, 0.15) is 15.9 Å². The Labute approximate surface area is 69.0 Å². The molecule has 0 unspecified atom stereocenters. The van der Waals surface area contributed by atoms with E-state index in [1.165, 1.54) is 18.2 Å². The highest BCUT2D eigenvalue weighted by atomic mass is 35.5. The quantitative estimate of drug-likeness (QED) is 0.598. The second kappa shape index (κ2) is 3.18. The SMILES string of the molecule is N#Cc1cc(Cl)cc(C=O)c1. The van der Waals surface area contributed by atoms with Crippen LogP contribution in [0.25, 0.3) is 0 Å². The Morgan fingerprint density at radius 2 is 2.18 bits per heavy atom. The summed E-state index contributed by atoms with van der Waals surface area (Å²) < 4.78 is 0. The highest BCUT2D eigenvalue weighted by Crippen LogP contribution is 2.12. The third-order valence-electron chi connectivity index (χ3n) is 1.19. The van der Waals surface area contributed by atoms with E-state index in [-0.39, 0.29) is 0 Å². The van der Waals surface area contributed by atoms with Crippen molar-refractivity contribution >= 4 is 17.9 Å². The number of benzene rings is 1. The molecule has 0 heterocycles. The van der Waals surface area contributed by atoms with Crippen LogP contribution in [0, 0.1) is 11.3 Å². The number of carbonyl (C=O) groups is 1. The van der Waals surface area contributed by atoms with Gasteiger partial charge in [0.25, 0.3) is 0 Å². The van der Waals surface area contributed by atoms with Crippen molar-refractivity contribution in [3.05, 3.63) is 34.3 Å². The van der Waals surface area contributed by atoms with Crippen LogP contribution in [0.3, 0.4) is 0 Å². The highest BCUT2D eigenvalue weighted by molar-refractivity contribution is 6.30. The molecule has 0 aliphatic carbocycles. The third kappa shape index (κ3) is 1.79. The molecule has 54 valence electrons. The fraction of sp³-hybridized carbons (Fsp3) is 0. The number of aldehydes is 1. The zero-order chi connectivity index (χ0) is 8.27. The maximum Gasteiger partial charge on any atom is 0.150 e. The summed E-state index contributed by atoms with van der Waals surface area (Å²) in [6.07, 6.45) is 0.659. The van der Waals surface area contributed by atoms with Crippen LogP contribution in [0.4, 0.5) is 0 Å². The summed E-state index contributed by atoms with van der Waals surface area (Å²) in [5.74, 6) is 0. The van der Waals surface area contributed by atoms with Gasteiger partial charge < -0.3 is 0 Å². The molecule has 0 spiro atoms. The monoisotopic (exact) mass is 165 g/mol. The van der Waals surface area contributed by atoms with Crippen LogP contribution in [0.15, 0.2) is 18.2 Å². The van der Waals surface area contributed by atoms with Crippen molar-refractivity contribution in [3.63, 3.8) is 0 Å². The largest absolute Gasteiger partial charge is 0.298 e. The Kier molecular flexibility index (Phi) is 2.25. The fourth-order valence-corrected chi connectivity index (χ4v) is 0.988. The Hall–Kier alpha value is -1.33. The molecule has 0 amide bonds. The van der Waals surface area contributed by atoms with Crippen LogP contribution >= 0.6 is 11.6 Å². The van der Waals surface area contributed by atoms with Crippen molar-refractivity contribution in [3.8, 4) is 6.07 Å². The molecular weight excluding hydrogens is 162 g/mol. The molecule has 3 heteroatoms. The van der Waals surface area contributed by atoms with E-state index in [2.05, 4.69) is 0 Å². The Balaban J connectivity index is 3.25. The molecule has 0 aromatic heterocycles. The lowest BCUT2D eigenvalue weighted by Gasteiger charge is -1.92. The molecule has 2 nitrogen and oxygen atoms in total.